The van der Waals surface area contributed by atoms with Crippen molar-refractivity contribution in [1.29, 1.82) is 0 Å². The second-order valence-electron chi connectivity index (χ2n) is 10.8. The number of carbonyl (C=O) groups excluding carboxylic acids is 2. The molecule has 2 aromatic rings. The molecule has 0 bridgehead atoms. The second-order valence-corrected chi connectivity index (χ2v) is 10.8. The van der Waals surface area contributed by atoms with Crippen LogP contribution < -0.4 is 4.74 Å². The SMILES string of the molecule is C=CCN1CC[C@@]2(c3cccc(OC(C)=O)c3)C[C@H](N(C)C(=O)C#Cc3ccc(C(F)(F)F)cc3)CC[C@]2(OC)C1. The molecule has 218 valence electrons. The van der Waals surface area contributed by atoms with Crippen molar-refractivity contribution in [2.24, 2.45) is 0 Å². The highest BCUT2D eigenvalue weighted by Gasteiger charge is 2.59. The minimum atomic E-state index is -4.43. The van der Waals surface area contributed by atoms with Gasteiger partial charge in [0.15, 0.2) is 0 Å². The number of ether oxygens (including phenoxy) is 2. The van der Waals surface area contributed by atoms with Crippen LogP contribution in [-0.2, 0) is 25.9 Å². The number of alkyl halides is 3. The molecule has 0 aromatic heterocycles. The zero-order valence-electron chi connectivity index (χ0n) is 23.6. The molecule has 1 heterocycles. The summed E-state index contributed by atoms with van der Waals surface area (Å²) < 4.78 is 50.4. The Morgan fingerprint density at radius 1 is 1.20 bits per heavy atom. The van der Waals surface area contributed by atoms with Crippen LogP contribution in [0.25, 0.3) is 0 Å². The first-order valence-electron chi connectivity index (χ1n) is 13.6. The van der Waals surface area contributed by atoms with Crippen molar-refractivity contribution in [3.05, 3.63) is 77.9 Å². The molecule has 1 saturated carbocycles. The Bertz CT molecular complexity index is 1350. The molecule has 1 aliphatic carbocycles. The van der Waals surface area contributed by atoms with Crippen LogP contribution in [0.4, 0.5) is 13.2 Å². The first kappa shape index (κ1) is 30.4. The van der Waals surface area contributed by atoms with Crippen molar-refractivity contribution < 1.29 is 32.2 Å². The quantitative estimate of drug-likeness (QED) is 0.207. The molecule has 9 heteroatoms. The lowest BCUT2D eigenvalue weighted by Gasteiger charge is -2.60. The smallest absolute Gasteiger partial charge is 0.416 e. The van der Waals surface area contributed by atoms with Crippen molar-refractivity contribution in [2.75, 3.05) is 33.8 Å². The van der Waals surface area contributed by atoms with Gasteiger partial charge in [-0.15, -0.1) is 6.58 Å². The lowest BCUT2D eigenvalue weighted by atomic mass is 9.55. The Morgan fingerprint density at radius 2 is 1.93 bits per heavy atom. The second kappa shape index (κ2) is 12.1. The van der Waals surface area contributed by atoms with Crippen LogP contribution in [0.2, 0.25) is 0 Å². The minimum Gasteiger partial charge on any atom is -0.427 e. The molecule has 0 radical (unpaired) electrons. The summed E-state index contributed by atoms with van der Waals surface area (Å²) in [4.78, 5) is 28.8. The Balaban J connectivity index is 1.63. The molecule has 1 saturated heterocycles. The fraction of sp³-hybridized carbons (Fsp3) is 0.438. The van der Waals surface area contributed by atoms with Gasteiger partial charge in [0.1, 0.15) is 5.75 Å². The minimum absolute atomic E-state index is 0.156. The fourth-order valence-corrected chi connectivity index (χ4v) is 6.38. The van der Waals surface area contributed by atoms with Crippen LogP contribution in [-0.4, -0.2) is 67.1 Å². The summed E-state index contributed by atoms with van der Waals surface area (Å²) in [6, 6.07) is 11.8. The van der Waals surface area contributed by atoms with Crippen LogP contribution in [0.15, 0.2) is 61.2 Å². The van der Waals surface area contributed by atoms with Crippen LogP contribution in [0, 0.1) is 11.8 Å². The largest absolute Gasteiger partial charge is 0.427 e. The highest BCUT2D eigenvalue weighted by Crippen LogP contribution is 2.54. The van der Waals surface area contributed by atoms with Gasteiger partial charge in [0.2, 0.25) is 0 Å². The van der Waals surface area contributed by atoms with E-state index in [0.717, 1.165) is 37.2 Å². The highest BCUT2D eigenvalue weighted by molar-refractivity contribution is 5.94. The maximum absolute atomic E-state index is 13.2. The van der Waals surface area contributed by atoms with E-state index in [-0.39, 0.29) is 6.04 Å². The average molecular weight is 569 g/mol. The number of likely N-dealkylation sites (tertiary alicyclic amines) is 1. The molecule has 1 aliphatic heterocycles. The standard InChI is InChI=1S/C32H35F3N2O4/c1-5-18-37-19-17-30(26-7-6-8-28(20-26)41-23(2)38)21-27(15-16-31(30,22-37)40-4)36(3)29(39)14-11-24-9-12-25(13-10-24)32(33,34)35/h5-10,12-13,20,27H,1,15-19,21-22H2,2-4H3/t27-,30+,31+/m1/s1. The molecule has 4 rings (SSSR count). The number of amides is 1. The Morgan fingerprint density at radius 3 is 2.56 bits per heavy atom. The summed E-state index contributed by atoms with van der Waals surface area (Å²) in [7, 11) is 3.44. The van der Waals surface area contributed by atoms with Gasteiger partial charge in [0.25, 0.3) is 5.91 Å². The molecule has 0 unspecified atom stereocenters. The van der Waals surface area contributed by atoms with E-state index < -0.39 is 34.6 Å². The maximum Gasteiger partial charge on any atom is 0.416 e. The number of nitrogens with zero attached hydrogens (tertiary/aromatic N) is 2. The lowest BCUT2D eigenvalue weighted by molar-refractivity contribution is -0.157. The molecule has 0 N–H and O–H groups in total. The monoisotopic (exact) mass is 568 g/mol. The van der Waals surface area contributed by atoms with Crippen molar-refractivity contribution in [3.8, 4) is 17.6 Å². The number of carbonyl (C=O) groups is 2. The third-order valence-corrected chi connectivity index (χ3v) is 8.49. The van der Waals surface area contributed by atoms with Gasteiger partial charge in [-0.2, -0.15) is 13.2 Å². The summed E-state index contributed by atoms with van der Waals surface area (Å²) in [5.74, 6) is 4.95. The van der Waals surface area contributed by atoms with Gasteiger partial charge in [-0.25, -0.2) is 0 Å². The van der Waals surface area contributed by atoms with E-state index in [9.17, 15) is 22.8 Å². The number of methoxy groups -OCH3 is 1. The maximum atomic E-state index is 13.2. The molecule has 6 nitrogen and oxygen atoms in total. The Hall–Kier alpha value is -3.61. The first-order valence-corrected chi connectivity index (χ1v) is 13.6. The molecule has 2 aliphatic rings. The van der Waals surface area contributed by atoms with Crippen LogP contribution in [0.1, 0.15) is 49.3 Å². The van der Waals surface area contributed by atoms with Crippen molar-refractivity contribution in [2.45, 2.75) is 55.8 Å². The number of piperidine rings is 1. The van der Waals surface area contributed by atoms with E-state index in [0.29, 0.717) is 37.1 Å². The Kier molecular flexibility index (Phi) is 8.95. The van der Waals surface area contributed by atoms with E-state index in [1.807, 2.05) is 24.3 Å². The Labute approximate surface area is 239 Å². The van der Waals surface area contributed by atoms with E-state index in [1.54, 1.807) is 25.1 Å². The number of esters is 1. The van der Waals surface area contributed by atoms with Crippen LogP contribution >= 0.6 is 0 Å². The normalized spacial score (nSPS) is 24.4. The van der Waals surface area contributed by atoms with Gasteiger partial charge in [0.05, 0.1) is 11.2 Å². The molecule has 3 atom stereocenters. The number of halogens is 3. The summed E-state index contributed by atoms with van der Waals surface area (Å²) in [5, 5.41) is 0. The third-order valence-electron chi connectivity index (χ3n) is 8.49. The van der Waals surface area contributed by atoms with Gasteiger partial charge in [-0.3, -0.25) is 14.5 Å². The third kappa shape index (κ3) is 6.34. The number of fused-ring (bicyclic) bond motifs is 1. The zero-order chi connectivity index (χ0) is 29.8. The van der Waals surface area contributed by atoms with E-state index in [4.69, 9.17) is 9.47 Å². The van der Waals surface area contributed by atoms with E-state index >= 15 is 0 Å². The predicted octanol–water partition coefficient (Wildman–Crippen LogP) is 5.21. The fourth-order valence-electron chi connectivity index (χ4n) is 6.38. The number of hydrogen-bond acceptors (Lipinski definition) is 5. The summed E-state index contributed by atoms with van der Waals surface area (Å²) in [5.41, 5.74) is -0.478. The summed E-state index contributed by atoms with van der Waals surface area (Å²) in [6.07, 6.45) is 0.181. The van der Waals surface area contributed by atoms with Crippen LogP contribution in [0.5, 0.6) is 5.75 Å². The van der Waals surface area contributed by atoms with Gasteiger partial charge in [-0.05, 0) is 74.2 Å². The van der Waals surface area contributed by atoms with E-state index in [1.165, 1.54) is 19.1 Å². The predicted molar refractivity (Wildman–Crippen MR) is 149 cm³/mol. The van der Waals surface area contributed by atoms with Crippen molar-refractivity contribution in [3.63, 3.8) is 0 Å². The number of hydrogen-bond donors (Lipinski definition) is 0. The summed E-state index contributed by atoms with van der Waals surface area (Å²) in [6.45, 7) is 7.47. The molecule has 2 fully saturated rings. The molecular formula is C32H35F3N2O4. The molecule has 0 spiro atoms. The van der Waals surface area contributed by atoms with Gasteiger partial charge >= 0.3 is 12.1 Å². The van der Waals surface area contributed by atoms with Gasteiger partial charge < -0.3 is 14.4 Å². The van der Waals surface area contributed by atoms with Crippen molar-refractivity contribution >= 4 is 11.9 Å². The number of rotatable bonds is 6. The first-order chi connectivity index (χ1) is 19.4. The molecule has 2 aromatic carbocycles. The molecule has 41 heavy (non-hydrogen) atoms. The molecular weight excluding hydrogens is 533 g/mol. The molecule has 1 amide bonds. The van der Waals surface area contributed by atoms with Gasteiger partial charge in [-0.1, -0.05) is 24.1 Å². The topological polar surface area (TPSA) is 59.1 Å². The average Bonchev–Trinajstić information content (AvgIpc) is 2.94. The highest BCUT2D eigenvalue weighted by atomic mass is 19.4. The van der Waals surface area contributed by atoms with Gasteiger partial charge in [0, 0.05) is 57.1 Å². The van der Waals surface area contributed by atoms with Crippen molar-refractivity contribution in [1.82, 2.24) is 9.80 Å². The lowest BCUT2D eigenvalue weighted by Crippen LogP contribution is -2.68. The van der Waals surface area contributed by atoms with Crippen LogP contribution in [0.3, 0.4) is 0 Å². The zero-order valence-corrected chi connectivity index (χ0v) is 23.6. The van der Waals surface area contributed by atoms with E-state index in [2.05, 4.69) is 23.3 Å². The number of benzene rings is 2. The summed E-state index contributed by atoms with van der Waals surface area (Å²) >= 11 is 0.